The molecule has 0 amide bonds. The summed E-state index contributed by atoms with van der Waals surface area (Å²) in [6.07, 6.45) is 1.19. The molecule has 0 aromatic heterocycles. The SMILES string of the molecule is CCCOc1cccc2c1NCC(OC)CN2. The summed E-state index contributed by atoms with van der Waals surface area (Å²) in [6.45, 7) is 4.46. The minimum absolute atomic E-state index is 0.182. The molecule has 1 aliphatic heterocycles. The second-order valence-corrected chi connectivity index (χ2v) is 4.15. The van der Waals surface area contributed by atoms with Gasteiger partial charge in [0.2, 0.25) is 0 Å². The van der Waals surface area contributed by atoms with Gasteiger partial charge in [0.15, 0.2) is 0 Å². The molecule has 94 valence electrons. The third-order valence-corrected chi connectivity index (χ3v) is 2.85. The molecule has 17 heavy (non-hydrogen) atoms. The number of anilines is 2. The highest BCUT2D eigenvalue weighted by Crippen LogP contribution is 2.34. The fraction of sp³-hybridized carbons (Fsp3) is 0.538. The largest absolute Gasteiger partial charge is 0.491 e. The Hall–Kier alpha value is -1.42. The smallest absolute Gasteiger partial charge is 0.144 e. The standard InChI is InChI=1S/C13H20N2O2/c1-3-7-17-12-6-4-5-11-13(12)15-9-10(16-2)8-14-11/h4-6,10,14-15H,3,7-9H2,1-2H3. The van der Waals surface area contributed by atoms with Gasteiger partial charge in [0, 0.05) is 20.2 Å². The van der Waals surface area contributed by atoms with Crippen LogP contribution in [-0.4, -0.2) is 32.9 Å². The van der Waals surface area contributed by atoms with Crippen LogP contribution in [0.4, 0.5) is 11.4 Å². The van der Waals surface area contributed by atoms with E-state index in [0.717, 1.165) is 43.2 Å². The van der Waals surface area contributed by atoms with Gasteiger partial charge in [0.1, 0.15) is 11.4 Å². The minimum atomic E-state index is 0.182. The van der Waals surface area contributed by atoms with E-state index >= 15 is 0 Å². The number of hydrogen-bond acceptors (Lipinski definition) is 4. The number of nitrogens with one attached hydrogen (secondary N) is 2. The molecule has 4 heteroatoms. The first-order valence-corrected chi connectivity index (χ1v) is 6.11. The number of fused-ring (bicyclic) bond motifs is 1. The fourth-order valence-corrected chi connectivity index (χ4v) is 1.87. The van der Waals surface area contributed by atoms with Crippen LogP contribution in [0.3, 0.4) is 0 Å². The number of para-hydroxylation sites is 1. The van der Waals surface area contributed by atoms with Crippen LogP contribution in [-0.2, 0) is 4.74 Å². The lowest BCUT2D eigenvalue weighted by Gasteiger charge is -2.14. The van der Waals surface area contributed by atoms with Gasteiger partial charge >= 0.3 is 0 Å². The van der Waals surface area contributed by atoms with Gasteiger partial charge in [-0.15, -0.1) is 0 Å². The predicted octanol–water partition coefficient (Wildman–Crippen LogP) is 2.33. The van der Waals surface area contributed by atoms with Crippen LogP contribution in [0.25, 0.3) is 0 Å². The third kappa shape index (κ3) is 2.82. The van der Waals surface area contributed by atoms with E-state index in [9.17, 15) is 0 Å². The Bertz CT molecular complexity index is 368. The molecule has 1 heterocycles. The summed E-state index contributed by atoms with van der Waals surface area (Å²) in [4.78, 5) is 0. The van der Waals surface area contributed by atoms with E-state index in [2.05, 4.69) is 23.6 Å². The molecule has 1 unspecified atom stereocenters. The first kappa shape index (κ1) is 12.0. The van der Waals surface area contributed by atoms with Gasteiger partial charge < -0.3 is 20.1 Å². The highest BCUT2D eigenvalue weighted by Gasteiger charge is 2.17. The summed E-state index contributed by atoms with van der Waals surface area (Å²) < 4.78 is 11.1. The van der Waals surface area contributed by atoms with Crippen LogP contribution in [0.2, 0.25) is 0 Å². The zero-order chi connectivity index (χ0) is 12.1. The molecule has 2 N–H and O–H groups in total. The molecule has 1 aromatic rings. The lowest BCUT2D eigenvalue weighted by atomic mass is 10.2. The van der Waals surface area contributed by atoms with Gasteiger partial charge in [0.25, 0.3) is 0 Å². The monoisotopic (exact) mass is 236 g/mol. The molecule has 2 rings (SSSR count). The Labute approximate surface area is 102 Å². The number of hydrogen-bond donors (Lipinski definition) is 2. The number of methoxy groups -OCH3 is 1. The maximum Gasteiger partial charge on any atom is 0.144 e. The maximum absolute atomic E-state index is 5.73. The van der Waals surface area contributed by atoms with Crippen LogP contribution in [0.5, 0.6) is 5.75 Å². The van der Waals surface area contributed by atoms with Crippen LogP contribution in [0.15, 0.2) is 18.2 Å². The molecule has 0 radical (unpaired) electrons. The Morgan fingerprint density at radius 1 is 1.29 bits per heavy atom. The molecule has 4 nitrogen and oxygen atoms in total. The molecular weight excluding hydrogens is 216 g/mol. The van der Waals surface area contributed by atoms with Crippen molar-refractivity contribution in [2.75, 3.05) is 37.4 Å². The second-order valence-electron chi connectivity index (χ2n) is 4.15. The first-order valence-electron chi connectivity index (χ1n) is 6.11. The van der Waals surface area contributed by atoms with Gasteiger partial charge in [-0.3, -0.25) is 0 Å². The van der Waals surface area contributed by atoms with Gasteiger partial charge in [-0.25, -0.2) is 0 Å². The van der Waals surface area contributed by atoms with Gasteiger partial charge in [-0.2, -0.15) is 0 Å². The normalized spacial score (nSPS) is 18.6. The van der Waals surface area contributed by atoms with Crippen molar-refractivity contribution in [1.29, 1.82) is 0 Å². The quantitative estimate of drug-likeness (QED) is 0.842. The molecule has 0 bridgehead atoms. The van der Waals surface area contributed by atoms with Crippen LogP contribution >= 0.6 is 0 Å². The maximum atomic E-state index is 5.73. The minimum Gasteiger partial charge on any atom is -0.491 e. The van der Waals surface area contributed by atoms with Crippen LogP contribution in [0.1, 0.15) is 13.3 Å². The molecule has 0 saturated heterocycles. The van der Waals surface area contributed by atoms with Gasteiger partial charge in [0.05, 0.1) is 18.4 Å². The van der Waals surface area contributed by atoms with Crippen molar-refractivity contribution < 1.29 is 9.47 Å². The predicted molar refractivity (Wildman–Crippen MR) is 70.0 cm³/mol. The highest BCUT2D eigenvalue weighted by atomic mass is 16.5. The van der Waals surface area contributed by atoms with Crippen molar-refractivity contribution in [2.45, 2.75) is 19.4 Å². The average molecular weight is 236 g/mol. The molecule has 0 fully saturated rings. The summed E-state index contributed by atoms with van der Waals surface area (Å²) in [5, 5.41) is 6.77. The van der Waals surface area contributed by atoms with Crippen molar-refractivity contribution in [3.63, 3.8) is 0 Å². The molecule has 0 aliphatic carbocycles. The number of benzene rings is 1. The van der Waals surface area contributed by atoms with Crippen molar-refractivity contribution in [3.8, 4) is 5.75 Å². The van der Waals surface area contributed by atoms with E-state index < -0.39 is 0 Å². The lowest BCUT2D eigenvalue weighted by Crippen LogP contribution is -2.26. The molecule has 1 atom stereocenters. The Balaban J connectivity index is 2.17. The molecule has 0 saturated carbocycles. The van der Waals surface area contributed by atoms with E-state index in [1.165, 1.54) is 0 Å². The fourth-order valence-electron chi connectivity index (χ4n) is 1.87. The number of rotatable bonds is 4. The third-order valence-electron chi connectivity index (χ3n) is 2.85. The van der Waals surface area contributed by atoms with Gasteiger partial charge in [-0.1, -0.05) is 13.0 Å². The first-order chi connectivity index (χ1) is 8.35. The van der Waals surface area contributed by atoms with Crippen molar-refractivity contribution in [3.05, 3.63) is 18.2 Å². The lowest BCUT2D eigenvalue weighted by molar-refractivity contribution is 0.124. The second kappa shape index (κ2) is 5.77. The molecule has 0 spiro atoms. The molecule has 1 aliphatic rings. The summed E-state index contributed by atoms with van der Waals surface area (Å²) in [5.41, 5.74) is 2.12. The van der Waals surface area contributed by atoms with E-state index in [1.807, 2.05) is 12.1 Å². The van der Waals surface area contributed by atoms with E-state index in [0.29, 0.717) is 0 Å². The zero-order valence-electron chi connectivity index (χ0n) is 10.5. The van der Waals surface area contributed by atoms with Crippen LogP contribution < -0.4 is 15.4 Å². The van der Waals surface area contributed by atoms with E-state index in [-0.39, 0.29) is 6.10 Å². The van der Waals surface area contributed by atoms with E-state index in [1.54, 1.807) is 7.11 Å². The van der Waals surface area contributed by atoms with Crippen molar-refractivity contribution >= 4 is 11.4 Å². The summed E-state index contributed by atoms with van der Waals surface area (Å²) in [7, 11) is 1.73. The van der Waals surface area contributed by atoms with Crippen molar-refractivity contribution in [2.24, 2.45) is 0 Å². The number of ether oxygens (including phenoxy) is 2. The summed E-state index contributed by atoms with van der Waals surface area (Å²) >= 11 is 0. The zero-order valence-corrected chi connectivity index (χ0v) is 10.5. The summed E-state index contributed by atoms with van der Waals surface area (Å²) in [6, 6.07) is 6.06. The van der Waals surface area contributed by atoms with Crippen LogP contribution in [0, 0.1) is 0 Å². The average Bonchev–Trinajstić information content (AvgIpc) is 2.58. The topological polar surface area (TPSA) is 42.5 Å². The Kier molecular flexibility index (Phi) is 4.09. The summed E-state index contributed by atoms with van der Waals surface area (Å²) in [5.74, 6) is 0.911. The Morgan fingerprint density at radius 3 is 2.88 bits per heavy atom. The molecule has 1 aromatic carbocycles. The highest BCUT2D eigenvalue weighted by molar-refractivity contribution is 5.76. The Morgan fingerprint density at radius 2 is 2.12 bits per heavy atom. The van der Waals surface area contributed by atoms with Crippen molar-refractivity contribution in [1.82, 2.24) is 0 Å². The van der Waals surface area contributed by atoms with E-state index in [4.69, 9.17) is 9.47 Å². The molecular formula is C13H20N2O2. The van der Waals surface area contributed by atoms with Gasteiger partial charge in [-0.05, 0) is 18.6 Å².